The predicted molar refractivity (Wildman–Crippen MR) is 160 cm³/mol. The lowest BCUT2D eigenvalue weighted by atomic mass is 9.87. The van der Waals surface area contributed by atoms with E-state index in [1.807, 2.05) is 36.9 Å². The Morgan fingerprint density at radius 1 is 1.00 bits per heavy atom. The number of nitrogens with zero attached hydrogens (tertiary/aromatic N) is 8. The van der Waals surface area contributed by atoms with Crippen molar-refractivity contribution in [3.63, 3.8) is 0 Å². The second-order valence-electron chi connectivity index (χ2n) is 12.4. The number of nitrogens with one attached hydrogen (secondary N) is 1. The van der Waals surface area contributed by atoms with Crippen molar-refractivity contribution < 1.29 is 9.47 Å². The van der Waals surface area contributed by atoms with Crippen LogP contribution in [0, 0.1) is 17.2 Å². The molecule has 0 radical (unpaired) electrons. The number of hydrogen-bond donors (Lipinski definition) is 1. The van der Waals surface area contributed by atoms with E-state index in [9.17, 15) is 5.26 Å². The van der Waals surface area contributed by atoms with Gasteiger partial charge >= 0.3 is 0 Å². The molecule has 0 amide bonds. The molecule has 4 aromatic heterocycles. The first-order valence-corrected chi connectivity index (χ1v) is 15.3. The van der Waals surface area contributed by atoms with Crippen molar-refractivity contribution >= 4 is 11.3 Å². The smallest absolute Gasteiger partial charge is 0.212 e. The molecule has 9 rings (SSSR count). The van der Waals surface area contributed by atoms with Crippen molar-refractivity contribution in [2.75, 3.05) is 31.7 Å². The van der Waals surface area contributed by atoms with Gasteiger partial charge in [0.1, 0.15) is 17.6 Å². The molecule has 3 unspecified atom stereocenters. The fourth-order valence-corrected chi connectivity index (χ4v) is 7.57. The highest BCUT2D eigenvalue weighted by Crippen LogP contribution is 2.36. The van der Waals surface area contributed by atoms with Gasteiger partial charge in [0.15, 0.2) is 0 Å². The van der Waals surface area contributed by atoms with Gasteiger partial charge in [0.2, 0.25) is 5.88 Å². The van der Waals surface area contributed by atoms with E-state index in [-0.39, 0.29) is 0 Å². The molecule has 220 valence electrons. The van der Waals surface area contributed by atoms with Crippen LogP contribution in [0.1, 0.15) is 43.2 Å². The average molecular weight is 578 g/mol. The highest BCUT2D eigenvalue weighted by atomic mass is 16.5. The highest BCUT2D eigenvalue weighted by Gasteiger charge is 2.44. The summed E-state index contributed by atoms with van der Waals surface area (Å²) in [5.41, 5.74) is 3.93. The molecule has 5 atom stereocenters. The van der Waals surface area contributed by atoms with Crippen molar-refractivity contribution in [3.8, 4) is 29.0 Å². The quantitative estimate of drug-likeness (QED) is 0.334. The Kier molecular flexibility index (Phi) is 6.61. The highest BCUT2D eigenvalue weighted by molar-refractivity contribution is 5.83. The summed E-state index contributed by atoms with van der Waals surface area (Å²) < 4.78 is 13.3. The van der Waals surface area contributed by atoms with Gasteiger partial charge in [0.05, 0.1) is 55.3 Å². The minimum Gasteiger partial charge on any atom is -0.492 e. The summed E-state index contributed by atoms with van der Waals surface area (Å²) in [6, 6.07) is 10.5. The Balaban J connectivity index is 0.977. The first kappa shape index (κ1) is 26.4. The molecule has 0 spiro atoms. The van der Waals surface area contributed by atoms with Gasteiger partial charge in [-0.05, 0) is 49.7 Å². The number of piperidine rings is 2. The molecular weight excluding hydrogens is 542 g/mol. The summed E-state index contributed by atoms with van der Waals surface area (Å²) in [6.07, 6.45) is 15.1. The van der Waals surface area contributed by atoms with Crippen LogP contribution in [0.15, 0.2) is 49.2 Å². The van der Waals surface area contributed by atoms with Crippen LogP contribution in [-0.4, -0.2) is 80.4 Å². The van der Waals surface area contributed by atoms with Crippen LogP contribution in [0.4, 0.5) is 5.82 Å². The molecule has 4 aromatic rings. The van der Waals surface area contributed by atoms with E-state index in [1.165, 1.54) is 24.8 Å². The molecule has 11 nitrogen and oxygen atoms in total. The largest absolute Gasteiger partial charge is 0.492 e. The zero-order valence-electron chi connectivity index (χ0n) is 24.3. The maximum absolute atomic E-state index is 9.78. The minimum atomic E-state index is 0.482. The Morgan fingerprint density at radius 2 is 1.84 bits per heavy atom. The van der Waals surface area contributed by atoms with Gasteiger partial charge in [0, 0.05) is 61.6 Å². The molecule has 11 heteroatoms. The van der Waals surface area contributed by atoms with E-state index in [0.717, 1.165) is 55.1 Å². The van der Waals surface area contributed by atoms with Crippen molar-refractivity contribution in [2.45, 2.75) is 62.8 Å². The lowest BCUT2D eigenvalue weighted by Gasteiger charge is -2.56. The third-order valence-electron chi connectivity index (χ3n) is 9.72. The Labute approximate surface area is 250 Å². The number of aromatic nitrogens is 5. The SMILES string of the molecule is COc1ccc(CN2C3CC2CN(c2cnc(-c4cc(OCC5C[C@H]6CC[C@@H](C5)N6)cn5ncc(C#N)c45)cn2)C3)cn1. The van der Waals surface area contributed by atoms with Gasteiger partial charge in [-0.1, -0.05) is 6.07 Å². The first-order valence-electron chi connectivity index (χ1n) is 15.3. The number of pyridine rings is 2. The maximum Gasteiger partial charge on any atom is 0.212 e. The second kappa shape index (κ2) is 10.8. The van der Waals surface area contributed by atoms with Gasteiger partial charge in [0.25, 0.3) is 0 Å². The first-order chi connectivity index (χ1) is 21.1. The Hall–Kier alpha value is -4.27. The van der Waals surface area contributed by atoms with Crippen molar-refractivity contribution in [2.24, 2.45) is 5.92 Å². The lowest BCUT2D eigenvalue weighted by molar-refractivity contribution is -0.00879. The molecule has 5 fully saturated rings. The number of anilines is 1. The molecule has 0 saturated carbocycles. The second-order valence-corrected chi connectivity index (χ2v) is 12.4. The van der Waals surface area contributed by atoms with E-state index in [4.69, 9.17) is 19.4 Å². The number of ether oxygens (including phenoxy) is 2. The van der Waals surface area contributed by atoms with Crippen LogP contribution >= 0.6 is 0 Å². The van der Waals surface area contributed by atoms with E-state index in [1.54, 1.807) is 17.8 Å². The van der Waals surface area contributed by atoms with E-state index >= 15 is 0 Å². The number of piperazine rings is 1. The molecule has 43 heavy (non-hydrogen) atoms. The van der Waals surface area contributed by atoms with Gasteiger partial charge in [-0.25, -0.2) is 14.5 Å². The standard InChI is InChI=1S/C32H35N9O2/c1-42-31-5-2-20(11-36-31)15-40-25-8-26(40)17-39(16-25)30-14-34-29(13-35-30)28-9-27(18-41-32(28)22(10-33)12-37-41)43-19-21-6-23-3-4-24(7-21)38-23/h2,5,9,11-14,18,21,23-26,38H,3-4,6-8,15-17,19H2,1H3/t21?,23-,24+,25?,26?. The Bertz CT molecular complexity index is 1640. The molecule has 5 aliphatic rings. The minimum absolute atomic E-state index is 0.482. The molecule has 0 aromatic carbocycles. The number of fused-ring (bicyclic) bond motifs is 5. The summed E-state index contributed by atoms with van der Waals surface area (Å²) in [7, 11) is 1.64. The molecular formula is C32H35N9O2. The van der Waals surface area contributed by atoms with Gasteiger partial charge < -0.3 is 19.7 Å². The Morgan fingerprint density at radius 3 is 2.53 bits per heavy atom. The average Bonchev–Trinajstić information content (AvgIpc) is 3.64. The summed E-state index contributed by atoms with van der Waals surface area (Å²) >= 11 is 0. The van der Waals surface area contributed by atoms with Crippen molar-refractivity contribution in [1.29, 1.82) is 5.26 Å². The van der Waals surface area contributed by atoms with E-state index < -0.39 is 0 Å². The van der Waals surface area contributed by atoms with Crippen LogP contribution in [0.2, 0.25) is 0 Å². The molecule has 5 saturated heterocycles. The molecule has 4 bridgehead atoms. The summed E-state index contributed by atoms with van der Waals surface area (Å²) in [6.45, 7) is 3.41. The molecule has 5 aliphatic heterocycles. The van der Waals surface area contributed by atoms with Crippen LogP contribution < -0.4 is 19.7 Å². The van der Waals surface area contributed by atoms with E-state index in [2.05, 4.69) is 37.3 Å². The van der Waals surface area contributed by atoms with Crippen molar-refractivity contribution in [1.82, 2.24) is 34.8 Å². The lowest BCUT2D eigenvalue weighted by Crippen LogP contribution is -2.68. The maximum atomic E-state index is 9.78. The normalized spacial score (nSPS) is 26.2. The zero-order valence-corrected chi connectivity index (χ0v) is 24.3. The third-order valence-corrected chi connectivity index (χ3v) is 9.72. The fraction of sp³-hybridized carbons (Fsp3) is 0.469. The number of methoxy groups -OCH3 is 1. The number of rotatable bonds is 8. The summed E-state index contributed by atoms with van der Waals surface area (Å²) in [4.78, 5) is 18.9. The van der Waals surface area contributed by atoms with Gasteiger partial charge in [-0.15, -0.1) is 0 Å². The summed E-state index contributed by atoms with van der Waals surface area (Å²) in [5, 5.41) is 17.9. The van der Waals surface area contributed by atoms with Crippen LogP contribution in [0.3, 0.4) is 0 Å². The molecule has 0 aliphatic carbocycles. The number of hydrogen-bond acceptors (Lipinski definition) is 10. The van der Waals surface area contributed by atoms with Crippen molar-refractivity contribution in [3.05, 3.63) is 60.3 Å². The van der Waals surface area contributed by atoms with Gasteiger partial charge in [-0.3, -0.25) is 9.88 Å². The molecule has 9 heterocycles. The van der Waals surface area contributed by atoms with Crippen LogP contribution in [-0.2, 0) is 6.54 Å². The fourth-order valence-electron chi connectivity index (χ4n) is 7.57. The third kappa shape index (κ3) is 4.94. The topological polar surface area (TPSA) is 117 Å². The zero-order chi connectivity index (χ0) is 28.9. The van der Waals surface area contributed by atoms with Gasteiger partial charge in [-0.2, -0.15) is 10.4 Å². The van der Waals surface area contributed by atoms with Crippen LogP contribution in [0.5, 0.6) is 11.6 Å². The number of nitriles is 1. The van der Waals surface area contributed by atoms with E-state index in [0.29, 0.717) is 53.8 Å². The summed E-state index contributed by atoms with van der Waals surface area (Å²) in [5.74, 6) is 2.79. The predicted octanol–water partition coefficient (Wildman–Crippen LogP) is 3.44. The molecule has 1 N–H and O–H groups in total. The monoisotopic (exact) mass is 577 g/mol. The van der Waals surface area contributed by atoms with Crippen LogP contribution in [0.25, 0.3) is 16.8 Å².